The number of anilines is 1. The lowest BCUT2D eigenvalue weighted by molar-refractivity contribution is -0.131. The molecule has 8 unspecified atom stereocenters. The Morgan fingerprint density at radius 1 is 1.07 bits per heavy atom. The van der Waals surface area contributed by atoms with Crippen molar-refractivity contribution in [2.45, 2.75) is 119 Å². The van der Waals surface area contributed by atoms with Crippen LogP contribution in [0.5, 0.6) is 0 Å². The highest BCUT2D eigenvalue weighted by Crippen LogP contribution is 2.45. The number of nitrogens with two attached hydrogens (primary N) is 2. The van der Waals surface area contributed by atoms with Crippen molar-refractivity contribution in [3.63, 3.8) is 0 Å². The molecule has 2 heterocycles. The maximum Gasteiger partial charge on any atom is 0.328 e. The van der Waals surface area contributed by atoms with Crippen LogP contribution in [0.3, 0.4) is 0 Å². The Kier molecular flexibility index (Phi) is 17.1. The van der Waals surface area contributed by atoms with Gasteiger partial charge in [-0.1, -0.05) is 36.8 Å². The first kappa shape index (κ1) is 45.5. The van der Waals surface area contributed by atoms with E-state index in [0.29, 0.717) is 37.7 Å². The van der Waals surface area contributed by atoms with Gasteiger partial charge in [-0.25, -0.2) is 9.79 Å². The second kappa shape index (κ2) is 22.1. The molecule has 0 bridgehead atoms. The van der Waals surface area contributed by atoms with E-state index in [1.54, 1.807) is 13.2 Å². The van der Waals surface area contributed by atoms with Gasteiger partial charge in [0.1, 0.15) is 18.4 Å². The van der Waals surface area contributed by atoms with Gasteiger partial charge in [-0.05, 0) is 128 Å². The maximum absolute atomic E-state index is 12.7. The van der Waals surface area contributed by atoms with Gasteiger partial charge in [0.25, 0.3) is 0 Å². The second-order valence-corrected chi connectivity index (χ2v) is 16.6. The average Bonchev–Trinajstić information content (AvgIpc) is 3.73. The molecule has 12 N–H and O–H groups in total. The van der Waals surface area contributed by atoms with Crippen LogP contribution in [0.15, 0.2) is 65.3 Å². The van der Waals surface area contributed by atoms with Gasteiger partial charge in [-0.15, -0.1) is 0 Å². The Morgan fingerprint density at radius 2 is 1.90 bits per heavy atom. The van der Waals surface area contributed by atoms with Crippen molar-refractivity contribution < 1.29 is 34.8 Å². The number of aromatic amines is 1. The quantitative estimate of drug-likeness (QED) is 0.0435. The molecule has 2 aliphatic rings. The first-order valence-electron chi connectivity index (χ1n) is 21.2. The molecule has 3 aromatic rings. The van der Waals surface area contributed by atoms with Crippen LogP contribution in [0.4, 0.5) is 5.82 Å². The Hall–Kier alpha value is -4.60. The van der Waals surface area contributed by atoms with Gasteiger partial charge < -0.3 is 62.4 Å². The maximum atomic E-state index is 12.7. The van der Waals surface area contributed by atoms with E-state index in [-0.39, 0.29) is 62.4 Å². The predicted molar refractivity (Wildman–Crippen MR) is 231 cm³/mol. The Bertz CT molecular complexity index is 1880. The van der Waals surface area contributed by atoms with E-state index >= 15 is 0 Å². The minimum Gasteiger partial charge on any atom is -0.478 e. The Morgan fingerprint density at radius 3 is 2.59 bits per heavy atom. The molecule has 2 aromatic carbocycles. The zero-order valence-electron chi connectivity index (χ0n) is 34.3. The van der Waals surface area contributed by atoms with Gasteiger partial charge in [-0.3, -0.25) is 0 Å². The van der Waals surface area contributed by atoms with E-state index in [1.165, 1.54) is 17.2 Å². The smallest absolute Gasteiger partial charge is 0.328 e. The van der Waals surface area contributed by atoms with Crippen LogP contribution in [0.2, 0.25) is 0 Å². The number of hydrogen-bond acceptors (Lipinski definition) is 12. The lowest BCUT2D eigenvalue weighted by Crippen LogP contribution is -2.62. The molecule has 59 heavy (non-hydrogen) atoms. The summed E-state index contributed by atoms with van der Waals surface area (Å²) in [6, 6.07) is 12.6. The largest absolute Gasteiger partial charge is 0.478 e. The molecule has 0 saturated carbocycles. The third-order valence-electron chi connectivity index (χ3n) is 12.5. The number of aromatic nitrogens is 1. The number of rotatable bonds is 25. The zero-order valence-corrected chi connectivity index (χ0v) is 34.3. The molecule has 322 valence electrons. The lowest BCUT2D eigenvalue weighted by Gasteiger charge is -2.42. The molecule has 0 radical (unpaired) electrons. The number of nitrogens with one attached hydrogen (secondary N) is 4. The fourth-order valence-corrected chi connectivity index (χ4v) is 9.40. The zero-order chi connectivity index (χ0) is 42.4. The van der Waals surface area contributed by atoms with Crippen LogP contribution in [0, 0.1) is 11.8 Å². The topological polar surface area (TPSA) is 248 Å². The molecule has 5 rings (SSSR count). The van der Waals surface area contributed by atoms with Crippen LogP contribution in [-0.2, 0) is 27.2 Å². The number of likely N-dealkylation sites (N-methyl/N-ethyl adjacent to an activating group) is 1. The van der Waals surface area contributed by atoms with Crippen molar-refractivity contribution in [3.8, 4) is 0 Å². The van der Waals surface area contributed by atoms with Crippen molar-refractivity contribution in [1.82, 2.24) is 15.6 Å². The summed E-state index contributed by atoms with van der Waals surface area (Å²) in [5, 5.41) is 53.1. The molecule has 1 aliphatic carbocycles. The number of benzene rings is 2. The highest BCUT2D eigenvalue weighted by Gasteiger charge is 2.42. The Labute approximate surface area is 347 Å². The van der Waals surface area contributed by atoms with Crippen LogP contribution < -0.4 is 27.4 Å². The number of carbonyl (C=O) groups excluding carboxylic acids is 2. The highest BCUT2D eigenvalue weighted by atomic mass is 16.4. The number of aliphatic carboxylic acids is 1. The molecule has 14 heteroatoms. The SMILES string of the molecule is CNCC(O)(CCO)C1CC(C(=CC(=O)O)C(CC2CCc3cc4ccc(CC=O)cc4cc3C2CCCC(N)CCC(C=O)CCCO)Nc2ccc[nH]2)N=C(N)N1. The van der Waals surface area contributed by atoms with E-state index in [4.69, 9.17) is 16.5 Å². The average molecular weight is 816 g/mol. The van der Waals surface area contributed by atoms with Crippen molar-refractivity contribution in [3.05, 3.63) is 77.0 Å². The molecule has 8 atom stereocenters. The van der Waals surface area contributed by atoms with Gasteiger partial charge in [0.05, 0.1) is 23.7 Å². The number of hydrogen-bond donors (Lipinski definition) is 10. The number of aliphatic hydroxyl groups excluding tert-OH is 2. The first-order chi connectivity index (χ1) is 28.5. The molecule has 0 saturated heterocycles. The van der Waals surface area contributed by atoms with Crippen molar-refractivity contribution >= 4 is 41.1 Å². The number of aliphatic hydroxyl groups is 3. The van der Waals surface area contributed by atoms with Crippen molar-refractivity contribution in [1.29, 1.82) is 0 Å². The summed E-state index contributed by atoms with van der Waals surface area (Å²) in [5.74, 6) is -0.196. The molecular formula is C45H65N7O7. The minimum atomic E-state index is -1.39. The number of nitrogens with zero attached hydrogens (tertiary/aromatic N) is 1. The number of aryl methyl sites for hydroxylation is 1. The predicted octanol–water partition coefficient (Wildman–Crippen LogP) is 3.68. The number of guanidine groups is 1. The van der Waals surface area contributed by atoms with E-state index in [2.05, 4.69) is 45.2 Å². The fraction of sp³-hybridized carbons (Fsp3) is 0.556. The van der Waals surface area contributed by atoms with Crippen molar-refractivity contribution in [2.75, 3.05) is 32.1 Å². The van der Waals surface area contributed by atoms with E-state index in [1.807, 2.05) is 18.2 Å². The Balaban J connectivity index is 1.49. The van der Waals surface area contributed by atoms with Gasteiger partial charge in [0, 0.05) is 56.8 Å². The summed E-state index contributed by atoms with van der Waals surface area (Å²) >= 11 is 0. The molecule has 1 aliphatic heterocycles. The summed E-state index contributed by atoms with van der Waals surface area (Å²) in [7, 11) is 1.72. The van der Waals surface area contributed by atoms with E-state index < -0.39 is 29.7 Å². The molecule has 0 amide bonds. The van der Waals surface area contributed by atoms with Crippen molar-refractivity contribution in [2.24, 2.45) is 28.3 Å². The summed E-state index contributed by atoms with van der Waals surface area (Å²) in [5.41, 5.74) is 15.7. The minimum absolute atomic E-state index is 0.0629. The van der Waals surface area contributed by atoms with E-state index in [0.717, 1.165) is 73.3 Å². The third kappa shape index (κ3) is 12.5. The molecule has 0 spiro atoms. The van der Waals surface area contributed by atoms with Crippen LogP contribution in [-0.4, -0.2) is 106 Å². The number of H-pyrrole nitrogens is 1. The monoisotopic (exact) mass is 815 g/mol. The van der Waals surface area contributed by atoms with Gasteiger partial charge in [0.15, 0.2) is 5.96 Å². The molecule has 1 aromatic heterocycles. The second-order valence-electron chi connectivity index (χ2n) is 16.6. The number of fused-ring (bicyclic) bond motifs is 2. The summed E-state index contributed by atoms with van der Waals surface area (Å²) < 4.78 is 0. The summed E-state index contributed by atoms with van der Waals surface area (Å²) in [4.78, 5) is 43.7. The standard InChI is InChI=1S/C45H65N7O7/c1-48-28-45(59,16-20-55)41-26-40(51-44(47)52-41)38(25-43(57)58)39(50-42-8-3-17-49-42)24-33-13-12-32-22-31-11-9-29(15-19-54)21-34(31)23-37(32)36(33)7-2-6-35(46)14-10-30(27-56)5-4-18-53/h3,8-9,11,17,19,21-23,25,27,30,33,35-36,39-41,48-50,53,55,59H,2,4-7,10,12-16,18,20,24,26,28,46H2,1H3,(H,57,58)(H3,47,51,52). The third-order valence-corrected chi connectivity index (χ3v) is 12.5. The van der Waals surface area contributed by atoms with E-state index in [9.17, 15) is 34.8 Å². The molecular weight excluding hydrogens is 751 g/mol. The summed E-state index contributed by atoms with van der Waals surface area (Å²) in [6.45, 7) is -0.0137. The number of carbonyl (C=O) groups is 3. The van der Waals surface area contributed by atoms with Crippen LogP contribution in [0.1, 0.15) is 93.2 Å². The molecule has 0 fully saturated rings. The lowest BCUT2D eigenvalue weighted by atomic mass is 9.69. The number of carboxylic acid groups (broad SMARTS) is 1. The summed E-state index contributed by atoms with van der Waals surface area (Å²) in [6.07, 6.45) is 13.0. The fourth-order valence-electron chi connectivity index (χ4n) is 9.40. The van der Waals surface area contributed by atoms with Gasteiger partial charge in [0.2, 0.25) is 0 Å². The number of aldehydes is 2. The van der Waals surface area contributed by atoms with Crippen LogP contribution >= 0.6 is 0 Å². The first-order valence-corrected chi connectivity index (χ1v) is 21.2. The number of carboxylic acids is 1. The van der Waals surface area contributed by atoms with Gasteiger partial charge in [-0.2, -0.15) is 0 Å². The van der Waals surface area contributed by atoms with Crippen LogP contribution in [0.25, 0.3) is 10.8 Å². The highest BCUT2D eigenvalue weighted by molar-refractivity contribution is 5.86. The van der Waals surface area contributed by atoms with Gasteiger partial charge >= 0.3 is 5.97 Å². The normalized spacial score (nSPS) is 22.0. The number of aliphatic imine (C=N–C) groups is 1. The molecule has 14 nitrogen and oxygen atoms in total.